The first-order valence-corrected chi connectivity index (χ1v) is 6.32. The van der Waals surface area contributed by atoms with Crippen LogP contribution in [0.3, 0.4) is 0 Å². The van der Waals surface area contributed by atoms with Gasteiger partial charge >= 0.3 is 0 Å². The van der Waals surface area contributed by atoms with E-state index in [-0.39, 0.29) is 5.91 Å². The second-order valence-corrected chi connectivity index (χ2v) is 4.75. The van der Waals surface area contributed by atoms with E-state index in [1.807, 2.05) is 36.1 Å². The van der Waals surface area contributed by atoms with Crippen LogP contribution in [0.1, 0.15) is 31.7 Å². The van der Waals surface area contributed by atoms with Crippen LogP contribution in [-0.2, 0) is 11.3 Å². The minimum atomic E-state index is 0.262. The fourth-order valence-electron chi connectivity index (χ4n) is 1.96. The number of amides is 1. The summed E-state index contributed by atoms with van der Waals surface area (Å²) in [4.78, 5) is 13.9. The third kappa shape index (κ3) is 3.22. The van der Waals surface area contributed by atoms with Crippen molar-refractivity contribution in [1.29, 1.82) is 0 Å². The number of nitrogen functional groups attached to an aromatic ring is 1. The van der Waals surface area contributed by atoms with Gasteiger partial charge in [-0.15, -0.1) is 0 Å². The molecule has 0 spiro atoms. The SMILES string of the molecule is CCN(Cc1ccccc1N)C(=O)CC1CC1. The highest BCUT2D eigenvalue weighted by molar-refractivity contribution is 5.77. The fraction of sp³-hybridized carbons (Fsp3) is 0.500. The molecule has 0 radical (unpaired) electrons. The molecule has 1 fully saturated rings. The number of para-hydroxylation sites is 1. The van der Waals surface area contributed by atoms with Crippen molar-refractivity contribution in [2.75, 3.05) is 12.3 Å². The predicted molar refractivity (Wildman–Crippen MR) is 69.3 cm³/mol. The Labute approximate surface area is 103 Å². The van der Waals surface area contributed by atoms with Gasteiger partial charge in [-0.1, -0.05) is 18.2 Å². The van der Waals surface area contributed by atoms with E-state index in [9.17, 15) is 4.79 Å². The van der Waals surface area contributed by atoms with Crippen LogP contribution in [0.2, 0.25) is 0 Å². The molecule has 17 heavy (non-hydrogen) atoms. The van der Waals surface area contributed by atoms with Crippen LogP contribution < -0.4 is 5.73 Å². The molecule has 1 amide bonds. The maximum Gasteiger partial charge on any atom is 0.223 e. The van der Waals surface area contributed by atoms with E-state index in [2.05, 4.69) is 0 Å². The number of hydrogen-bond donors (Lipinski definition) is 1. The quantitative estimate of drug-likeness (QED) is 0.792. The van der Waals surface area contributed by atoms with Crippen LogP contribution in [0, 0.1) is 5.92 Å². The third-order valence-electron chi connectivity index (χ3n) is 3.31. The maximum atomic E-state index is 12.0. The van der Waals surface area contributed by atoms with E-state index in [0.29, 0.717) is 18.9 Å². The molecule has 0 heterocycles. The third-order valence-corrected chi connectivity index (χ3v) is 3.31. The molecule has 92 valence electrons. The number of anilines is 1. The maximum absolute atomic E-state index is 12.0. The highest BCUT2D eigenvalue weighted by Gasteiger charge is 2.26. The Morgan fingerprint density at radius 3 is 2.71 bits per heavy atom. The summed E-state index contributed by atoms with van der Waals surface area (Å²) in [5, 5.41) is 0. The Hall–Kier alpha value is -1.51. The largest absolute Gasteiger partial charge is 0.398 e. The molecule has 1 saturated carbocycles. The molecule has 1 aliphatic rings. The van der Waals surface area contributed by atoms with Gasteiger partial charge in [0.2, 0.25) is 5.91 Å². The first-order chi connectivity index (χ1) is 8.20. The zero-order chi connectivity index (χ0) is 12.3. The lowest BCUT2D eigenvalue weighted by Gasteiger charge is -2.21. The van der Waals surface area contributed by atoms with Gasteiger partial charge in [-0.3, -0.25) is 4.79 Å². The minimum Gasteiger partial charge on any atom is -0.398 e. The summed E-state index contributed by atoms with van der Waals surface area (Å²) in [5.74, 6) is 0.905. The molecule has 2 N–H and O–H groups in total. The van der Waals surface area contributed by atoms with Gasteiger partial charge < -0.3 is 10.6 Å². The van der Waals surface area contributed by atoms with E-state index in [1.165, 1.54) is 12.8 Å². The molecule has 1 aromatic rings. The summed E-state index contributed by atoms with van der Waals surface area (Å²) in [6.45, 7) is 3.40. The Morgan fingerprint density at radius 2 is 2.12 bits per heavy atom. The lowest BCUT2D eigenvalue weighted by molar-refractivity contribution is -0.131. The number of benzene rings is 1. The van der Waals surface area contributed by atoms with Crippen LogP contribution in [0.4, 0.5) is 5.69 Å². The molecule has 1 aliphatic carbocycles. The molecule has 0 unspecified atom stereocenters. The van der Waals surface area contributed by atoms with Crippen molar-refractivity contribution in [2.45, 2.75) is 32.7 Å². The number of carbonyl (C=O) groups excluding carboxylic acids is 1. The average Bonchev–Trinajstić information content (AvgIpc) is 3.11. The molecule has 3 heteroatoms. The molecular formula is C14H20N2O. The zero-order valence-corrected chi connectivity index (χ0v) is 10.4. The van der Waals surface area contributed by atoms with Gasteiger partial charge in [-0.05, 0) is 37.3 Å². The predicted octanol–water partition coefficient (Wildman–Crippen LogP) is 2.42. The van der Waals surface area contributed by atoms with Gasteiger partial charge in [-0.25, -0.2) is 0 Å². The molecule has 0 atom stereocenters. The highest BCUT2D eigenvalue weighted by Crippen LogP contribution is 2.33. The zero-order valence-electron chi connectivity index (χ0n) is 10.4. The molecule has 0 aliphatic heterocycles. The first-order valence-electron chi connectivity index (χ1n) is 6.32. The van der Waals surface area contributed by atoms with Gasteiger partial charge in [-0.2, -0.15) is 0 Å². The van der Waals surface area contributed by atoms with Crippen LogP contribution in [0.15, 0.2) is 24.3 Å². The van der Waals surface area contributed by atoms with Crippen molar-refractivity contribution >= 4 is 11.6 Å². The van der Waals surface area contributed by atoms with Crippen molar-refractivity contribution in [2.24, 2.45) is 5.92 Å². The van der Waals surface area contributed by atoms with E-state index in [4.69, 9.17) is 5.73 Å². The first kappa shape index (κ1) is 12.0. The molecule has 0 aromatic heterocycles. The van der Waals surface area contributed by atoms with E-state index in [0.717, 1.165) is 17.8 Å². The van der Waals surface area contributed by atoms with Crippen LogP contribution in [-0.4, -0.2) is 17.4 Å². The Balaban J connectivity index is 1.98. The molecule has 1 aromatic carbocycles. The molecule has 0 saturated heterocycles. The van der Waals surface area contributed by atoms with Gasteiger partial charge in [0.15, 0.2) is 0 Å². The lowest BCUT2D eigenvalue weighted by atomic mass is 10.1. The Kier molecular flexibility index (Phi) is 3.67. The normalized spacial score (nSPS) is 14.6. The van der Waals surface area contributed by atoms with Gasteiger partial charge in [0, 0.05) is 25.2 Å². The minimum absolute atomic E-state index is 0.262. The number of hydrogen-bond acceptors (Lipinski definition) is 2. The second-order valence-electron chi connectivity index (χ2n) is 4.75. The Morgan fingerprint density at radius 1 is 1.41 bits per heavy atom. The fourth-order valence-corrected chi connectivity index (χ4v) is 1.96. The van der Waals surface area contributed by atoms with Crippen LogP contribution in [0.5, 0.6) is 0 Å². The number of carbonyl (C=O) groups is 1. The van der Waals surface area contributed by atoms with Gasteiger partial charge in [0.25, 0.3) is 0 Å². The molecule has 0 bridgehead atoms. The standard InChI is InChI=1S/C14H20N2O/c1-2-16(14(17)9-11-7-8-11)10-12-5-3-4-6-13(12)15/h3-6,11H,2,7-10,15H2,1H3. The number of rotatable bonds is 5. The smallest absolute Gasteiger partial charge is 0.223 e. The summed E-state index contributed by atoms with van der Waals surface area (Å²) >= 11 is 0. The van der Waals surface area contributed by atoms with Crippen molar-refractivity contribution < 1.29 is 4.79 Å². The van der Waals surface area contributed by atoms with Gasteiger partial charge in [0.1, 0.15) is 0 Å². The molecule has 2 rings (SSSR count). The monoisotopic (exact) mass is 232 g/mol. The summed E-state index contributed by atoms with van der Waals surface area (Å²) < 4.78 is 0. The molecular weight excluding hydrogens is 212 g/mol. The van der Waals surface area contributed by atoms with Crippen molar-refractivity contribution in [3.63, 3.8) is 0 Å². The van der Waals surface area contributed by atoms with Crippen molar-refractivity contribution in [3.8, 4) is 0 Å². The second kappa shape index (κ2) is 5.21. The summed E-state index contributed by atoms with van der Waals surface area (Å²) in [7, 11) is 0. The van der Waals surface area contributed by atoms with Crippen molar-refractivity contribution in [1.82, 2.24) is 4.90 Å². The lowest BCUT2D eigenvalue weighted by Crippen LogP contribution is -2.30. The average molecular weight is 232 g/mol. The molecule has 3 nitrogen and oxygen atoms in total. The highest BCUT2D eigenvalue weighted by atomic mass is 16.2. The van der Waals surface area contributed by atoms with Crippen LogP contribution in [0.25, 0.3) is 0 Å². The Bertz CT molecular complexity index is 399. The van der Waals surface area contributed by atoms with Crippen molar-refractivity contribution in [3.05, 3.63) is 29.8 Å². The van der Waals surface area contributed by atoms with E-state index < -0.39 is 0 Å². The summed E-state index contributed by atoms with van der Waals surface area (Å²) in [6, 6.07) is 7.75. The van der Waals surface area contributed by atoms with E-state index >= 15 is 0 Å². The topological polar surface area (TPSA) is 46.3 Å². The van der Waals surface area contributed by atoms with E-state index in [1.54, 1.807) is 0 Å². The van der Waals surface area contributed by atoms with Gasteiger partial charge in [0.05, 0.1) is 0 Å². The number of nitrogens with zero attached hydrogens (tertiary/aromatic N) is 1. The summed E-state index contributed by atoms with van der Waals surface area (Å²) in [6.07, 6.45) is 3.15. The summed E-state index contributed by atoms with van der Waals surface area (Å²) in [5.41, 5.74) is 7.71. The van der Waals surface area contributed by atoms with Crippen LogP contribution >= 0.6 is 0 Å². The number of nitrogens with two attached hydrogens (primary N) is 1.